The molecule has 1 amide bonds. The fourth-order valence-electron chi connectivity index (χ4n) is 3.00. The number of carbonyl (C=O) groups is 4. The van der Waals surface area contributed by atoms with E-state index < -0.39 is 35.9 Å². The number of hydrogen-bond donors (Lipinski definition) is 4. The summed E-state index contributed by atoms with van der Waals surface area (Å²) in [5.74, 6) is -3.76. The van der Waals surface area contributed by atoms with Gasteiger partial charge in [-0.2, -0.15) is 0 Å². The van der Waals surface area contributed by atoms with Crippen molar-refractivity contribution in [1.82, 2.24) is 5.32 Å². The van der Waals surface area contributed by atoms with Gasteiger partial charge in [0.15, 0.2) is 6.04 Å². The molecule has 0 fully saturated rings. The zero-order valence-corrected chi connectivity index (χ0v) is 16.4. The highest BCUT2D eigenvalue weighted by molar-refractivity contribution is 5.88. The Morgan fingerprint density at radius 3 is 2.34 bits per heavy atom. The first-order chi connectivity index (χ1) is 13.5. The minimum atomic E-state index is -1.12. The van der Waals surface area contributed by atoms with Crippen molar-refractivity contribution in [2.75, 3.05) is 0 Å². The number of benzene rings is 1. The Hall–Kier alpha value is -3.20. The van der Waals surface area contributed by atoms with Crippen LogP contribution in [0.4, 0.5) is 0 Å². The van der Waals surface area contributed by atoms with Gasteiger partial charge in [0.25, 0.3) is 5.91 Å². The molecule has 2 atom stereocenters. The minimum absolute atomic E-state index is 0.0675. The topological polar surface area (TPSA) is 171 Å². The normalized spacial score (nSPS) is 14.2. The summed E-state index contributed by atoms with van der Waals surface area (Å²) in [6.45, 7) is 2.94. The molecule has 0 aliphatic heterocycles. The molecule has 1 aliphatic rings. The number of quaternary nitrogens is 1. The van der Waals surface area contributed by atoms with E-state index in [1.54, 1.807) is 0 Å². The standard InChI is InChI=1S/C18H22N2O5.C2H4O2/c1-10-8-11-4-2-3-5-12(11)13(10)9-15(18(24)25)20-17(23)14(19)6-7-16(21)22;1-2(3)4/h2-5,14-15H,6-9,19H2,1H3,(H,20,23)(H,21,22)(H,24,25);1H3,(H,3,4)/t14-,15-;/m0./s1. The third kappa shape index (κ3) is 7.74. The lowest BCUT2D eigenvalue weighted by Crippen LogP contribution is -2.68. The van der Waals surface area contributed by atoms with Crippen LogP contribution in [-0.4, -0.2) is 46.1 Å². The van der Waals surface area contributed by atoms with Crippen molar-refractivity contribution in [1.29, 1.82) is 0 Å². The summed E-state index contributed by atoms with van der Waals surface area (Å²) >= 11 is 0. The Balaban J connectivity index is 0.000000960. The molecular formula is C20H26N2O7. The lowest BCUT2D eigenvalue weighted by molar-refractivity contribution is -0.405. The van der Waals surface area contributed by atoms with Gasteiger partial charge in [0.1, 0.15) is 6.04 Å². The highest BCUT2D eigenvalue weighted by Gasteiger charge is 2.29. The van der Waals surface area contributed by atoms with Crippen molar-refractivity contribution in [2.24, 2.45) is 0 Å². The van der Waals surface area contributed by atoms with E-state index in [1.165, 1.54) is 0 Å². The molecule has 0 spiro atoms. The van der Waals surface area contributed by atoms with Gasteiger partial charge in [-0.3, -0.25) is 9.59 Å². The lowest BCUT2D eigenvalue weighted by Gasteiger charge is -2.18. The maximum atomic E-state index is 12.1. The second-order valence-electron chi connectivity index (χ2n) is 6.82. The summed E-state index contributed by atoms with van der Waals surface area (Å²) < 4.78 is 0. The van der Waals surface area contributed by atoms with Crippen LogP contribution in [0.3, 0.4) is 0 Å². The molecule has 0 heterocycles. The van der Waals surface area contributed by atoms with E-state index in [4.69, 9.17) is 15.0 Å². The summed E-state index contributed by atoms with van der Waals surface area (Å²) in [5, 5.41) is 29.5. The number of allylic oxidation sites excluding steroid dienone is 1. The van der Waals surface area contributed by atoms with E-state index in [0.717, 1.165) is 35.6 Å². The number of nitrogens with one attached hydrogen (secondary N) is 1. The monoisotopic (exact) mass is 406 g/mol. The second kappa shape index (κ2) is 11.0. The van der Waals surface area contributed by atoms with E-state index in [-0.39, 0.29) is 19.3 Å². The number of amides is 1. The number of carbonyl (C=O) groups excluding carboxylic acids is 2. The number of rotatable bonds is 8. The van der Waals surface area contributed by atoms with Gasteiger partial charge >= 0.3 is 11.9 Å². The first-order valence-corrected chi connectivity index (χ1v) is 9.05. The Labute approximate surface area is 168 Å². The van der Waals surface area contributed by atoms with Crippen LogP contribution in [-0.2, 0) is 25.6 Å². The molecule has 1 aromatic carbocycles. The Kier molecular flexibility index (Phi) is 9.01. The SMILES string of the molecule is CC(=O)[O-].CC1=C(C[C@H](NC(=O)[C@@H]([NH3+])CCC(=O)O)C(=O)O)c2ccccc2C1. The van der Waals surface area contributed by atoms with Crippen LogP contribution in [0.15, 0.2) is 29.8 Å². The summed E-state index contributed by atoms with van der Waals surface area (Å²) in [6.07, 6.45) is 0.854. The van der Waals surface area contributed by atoms with Crippen LogP contribution >= 0.6 is 0 Å². The number of aliphatic carboxylic acids is 3. The molecular weight excluding hydrogens is 380 g/mol. The number of hydrogen-bond acceptors (Lipinski definition) is 5. The molecule has 9 nitrogen and oxygen atoms in total. The molecule has 0 radical (unpaired) electrons. The maximum absolute atomic E-state index is 12.1. The zero-order chi connectivity index (χ0) is 22.1. The second-order valence-corrected chi connectivity index (χ2v) is 6.82. The average Bonchev–Trinajstić information content (AvgIpc) is 2.93. The predicted octanol–water partition coefficient (Wildman–Crippen LogP) is -0.793. The molecule has 9 heteroatoms. The number of carboxylic acid groups (broad SMARTS) is 3. The van der Waals surface area contributed by atoms with Crippen LogP contribution in [0.2, 0.25) is 0 Å². The van der Waals surface area contributed by atoms with Gasteiger partial charge in [0.05, 0.1) is 6.42 Å². The summed E-state index contributed by atoms with van der Waals surface area (Å²) in [5.41, 5.74) is 7.84. The predicted molar refractivity (Wildman–Crippen MR) is 101 cm³/mol. The fourth-order valence-corrected chi connectivity index (χ4v) is 3.00. The molecule has 158 valence electrons. The highest BCUT2D eigenvalue weighted by Crippen LogP contribution is 2.35. The van der Waals surface area contributed by atoms with Gasteiger partial charge in [-0.15, -0.1) is 0 Å². The molecule has 0 saturated heterocycles. The molecule has 1 aromatic rings. The molecule has 29 heavy (non-hydrogen) atoms. The molecule has 2 rings (SSSR count). The first-order valence-electron chi connectivity index (χ1n) is 9.05. The van der Waals surface area contributed by atoms with Crippen molar-refractivity contribution in [3.05, 3.63) is 41.0 Å². The van der Waals surface area contributed by atoms with Gasteiger partial charge in [0.2, 0.25) is 0 Å². The maximum Gasteiger partial charge on any atom is 0.326 e. The van der Waals surface area contributed by atoms with Crippen LogP contribution in [0.5, 0.6) is 0 Å². The molecule has 0 aromatic heterocycles. The Morgan fingerprint density at radius 2 is 1.79 bits per heavy atom. The molecule has 0 bridgehead atoms. The Morgan fingerprint density at radius 1 is 1.21 bits per heavy atom. The first kappa shape index (κ1) is 23.8. The van der Waals surface area contributed by atoms with E-state index in [0.29, 0.717) is 0 Å². The highest BCUT2D eigenvalue weighted by atomic mass is 16.4. The van der Waals surface area contributed by atoms with Crippen molar-refractivity contribution in [3.8, 4) is 0 Å². The van der Waals surface area contributed by atoms with E-state index in [1.807, 2.05) is 31.2 Å². The van der Waals surface area contributed by atoms with Gasteiger partial charge in [-0.1, -0.05) is 29.8 Å². The lowest BCUT2D eigenvalue weighted by atomic mass is 9.98. The summed E-state index contributed by atoms with van der Waals surface area (Å²) in [6, 6.07) is 5.95. The third-order valence-electron chi connectivity index (χ3n) is 4.41. The van der Waals surface area contributed by atoms with Crippen LogP contribution in [0, 0.1) is 0 Å². The number of fused-ring (bicyclic) bond motifs is 1. The van der Waals surface area contributed by atoms with Crippen LogP contribution < -0.4 is 16.2 Å². The van der Waals surface area contributed by atoms with Gasteiger partial charge in [-0.25, -0.2) is 4.79 Å². The molecule has 0 unspecified atom stereocenters. The van der Waals surface area contributed by atoms with E-state index in [9.17, 15) is 19.5 Å². The van der Waals surface area contributed by atoms with Crippen LogP contribution in [0.1, 0.15) is 44.2 Å². The largest absolute Gasteiger partial charge is 0.550 e. The summed E-state index contributed by atoms with van der Waals surface area (Å²) in [7, 11) is 0. The van der Waals surface area contributed by atoms with E-state index >= 15 is 0 Å². The van der Waals surface area contributed by atoms with Crippen molar-refractivity contribution in [3.63, 3.8) is 0 Å². The van der Waals surface area contributed by atoms with Crippen molar-refractivity contribution in [2.45, 2.75) is 51.6 Å². The van der Waals surface area contributed by atoms with Gasteiger partial charge in [-0.05, 0) is 37.0 Å². The third-order valence-corrected chi connectivity index (χ3v) is 4.41. The fraction of sp³-hybridized carbons (Fsp3) is 0.400. The molecule has 1 aliphatic carbocycles. The minimum Gasteiger partial charge on any atom is -0.550 e. The molecule has 0 saturated carbocycles. The smallest absolute Gasteiger partial charge is 0.326 e. The van der Waals surface area contributed by atoms with Crippen molar-refractivity contribution >= 4 is 29.4 Å². The summed E-state index contributed by atoms with van der Waals surface area (Å²) in [4.78, 5) is 43.2. The average molecular weight is 406 g/mol. The van der Waals surface area contributed by atoms with Gasteiger partial charge < -0.3 is 31.2 Å². The van der Waals surface area contributed by atoms with E-state index in [2.05, 4.69) is 11.1 Å². The number of carboxylic acids is 3. The zero-order valence-electron chi connectivity index (χ0n) is 16.4. The molecule has 6 N–H and O–H groups in total. The quantitative estimate of drug-likeness (QED) is 0.438. The van der Waals surface area contributed by atoms with Gasteiger partial charge in [0, 0.05) is 18.8 Å². The Bertz CT molecular complexity index is 813. The van der Waals surface area contributed by atoms with Crippen molar-refractivity contribution < 1.29 is 40.2 Å². The van der Waals surface area contributed by atoms with Crippen LogP contribution in [0.25, 0.3) is 5.57 Å².